The first kappa shape index (κ1) is 20.4. The van der Waals surface area contributed by atoms with Crippen molar-refractivity contribution in [2.45, 2.75) is 38.6 Å². The average Bonchev–Trinajstić information content (AvgIpc) is 2.70. The summed E-state index contributed by atoms with van der Waals surface area (Å²) in [6, 6.07) is 18.9. The zero-order valence-electron chi connectivity index (χ0n) is 16.6. The normalized spacial score (nSPS) is 12.9. The van der Waals surface area contributed by atoms with Gasteiger partial charge in [0.05, 0.1) is 6.42 Å². The highest BCUT2D eigenvalue weighted by molar-refractivity contribution is 5.70. The largest absolute Gasteiger partial charge is 0.481 e. The standard InChI is InChI=1S/C24H24N2O3/c1-16-5-3-4-6-21(16)22(19-9-7-18(8-10-19)14-24(27)28)15-23(26-29)20-11-12-25-17(2)13-20/h3-13,22-23H,14-15H2,1-2H3,(H,27,28)/t22-,23?/m0/s1. The second-order valence-electron chi connectivity index (χ2n) is 7.31. The minimum atomic E-state index is -0.855. The van der Waals surface area contributed by atoms with Gasteiger partial charge in [0.15, 0.2) is 0 Å². The Bertz CT molecular complexity index is 999. The van der Waals surface area contributed by atoms with Gasteiger partial charge in [0.25, 0.3) is 0 Å². The molecule has 0 aliphatic rings. The lowest BCUT2D eigenvalue weighted by Gasteiger charge is -2.23. The van der Waals surface area contributed by atoms with Crippen LogP contribution in [0.15, 0.2) is 72.0 Å². The number of aliphatic carboxylic acids is 1. The molecule has 29 heavy (non-hydrogen) atoms. The van der Waals surface area contributed by atoms with Crippen molar-refractivity contribution in [3.8, 4) is 0 Å². The lowest BCUT2D eigenvalue weighted by Crippen LogP contribution is -2.09. The summed E-state index contributed by atoms with van der Waals surface area (Å²) in [5.74, 6) is -0.891. The van der Waals surface area contributed by atoms with Crippen LogP contribution in [0.2, 0.25) is 0 Å². The number of pyridine rings is 1. The second-order valence-corrected chi connectivity index (χ2v) is 7.31. The molecule has 0 radical (unpaired) electrons. The number of hydrogen-bond donors (Lipinski definition) is 1. The van der Waals surface area contributed by atoms with E-state index in [0.717, 1.165) is 33.5 Å². The Balaban J connectivity index is 1.98. The number of carboxylic acid groups (broad SMARTS) is 1. The minimum absolute atomic E-state index is 0.00980. The lowest BCUT2D eigenvalue weighted by atomic mass is 9.82. The summed E-state index contributed by atoms with van der Waals surface area (Å²) in [4.78, 5) is 26.9. The van der Waals surface area contributed by atoms with Crippen molar-refractivity contribution in [1.29, 1.82) is 0 Å². The maximum absolute atomic E-state index is 11.7. The molecule has 0 fully saturated rings. The molecular formula is C24H24N2O3. The third-order valence-corrected chi connectivity index (χ3v) is 5.19. The number of aromatic nitrogens is 1. The topological polar surface area (TPSA) is 79.6 Å². The Labute approximate surface area is 170 Å². The molecule has 3 aromatic rings. The number of hydrogen-bond acceptors (Lipinski definition) is 4. The highest BCUT2D eigenvalue weighted by Crippen LogP contribution is 2.37. The quantitative estimate of drug-likeness (QED) is 0.527. The number of nitrogens with zero attached hydrogens (tertiary/aromatic N) is 2. The van der Waals surface area contributed by atoms with Crippen LogP contribution in [0.25, 0.3) is 0 Å². The summed E-state index contributed by atoms with van der Waals surface area (Å²) in [5, 5.41) is 12.4. The molecule has 2 aromatic carbocycles. The van der Waals surface area contributed by atoms with Crippen molar-refractivity contribution in [3.05, 3.63) is 105 Å². The van der Waals surface area contributed by atoms with Gasteiger partial charge in [0, 0.05) is 17.8 Å². The summed E-state index contributed by atoms with van der Waals surface area (Å²) in [6.45, 7) is 3.95. The first-order valence-electron chi connectivity index (χ1n) is 9.59. The average molecular weight is 388 g/mol. The monoisotopic (exact) mass is 388 g/mol. The van der Waals surface area contributed by atoms with Crippen molar-refractivity contribution < 1.29 is 9.90 Å². The van der Waals surface area contributed by atoms with E-state index in [2.05, 4.69) is 29.2 Å². The maximum Gasteiger partial charge on any atom is 0.307 e. The molecule has 0 spiro atoms. The fraction of sp³-hybridized carbons (Fsp3) is 0.250. The van der Waals surface area contributed by atoms with Crippen LogP contribution < -0.4 is 0 Å². The zero-order valence-corrected chi connectivity index (χ0v) is 16.6. The second kappa shape index (κ2) is 9.24. The molecule has 1 N–H and O–H groups in total. The Morgan fingerprint density at radius 2 is 1.76 bits per heavy atom. The molecule has 0 amide bonds. The maximum atomic E-state index is 11.7. The Hall–Kier alpha value is -3.34. The summed E-state index contributed by atoms with van der Waals surface area (Å²) in [5.41, 5.74) is 5.77. The van der Waals surface area contributed by atoms with Gasteiger partial charge < -0.3 is 5.11 Å². The molecule has 5 nitrogen and oxygen atoms in total. The number of carbonyl (C=O) groups is 1. The van der Waals surface area contributed by atoms with Crippen molar-refractivity contribution in [3.63, 3.8) is 0 Å². The first-order valence-corrected chi connectivity index (χ1v) is 9.59. The Morgan fingerprint density at radius 1 is 1.03 bits per heavy atom. The number of rotatable bonds is 8. The summed E-state index contributed by atoms with van der Waals surface area (Å²) >= 11 is 0. The van der Waals surface area contributed by atoms with Crippen LogP contribution in [-0.2, 0) is 11.2 Å². The third kappa shape index (κ3) is 5.13. The van der Waals surface area contributed by atoms with E-state index >= 15 is 0 Å². The van der Waals surface area contributed by atoms with Crippen LogP contribution in [0.5, 0.6) is 0 Å². The summed E-state index contributed by atoms with van der Waals surface area (Å²) < 4.78 is 0. The van der Waals surface area contributed by atoms with Gasteiger partial charge in [0.1, 0.15) is 6.04 Å². The molecule has 1 heterocycles. The van der Waals surface area contributed by atoms with E-state index in [1.165, 1.54) is 0 Å². The molecule has 0 aliphatic carbocycles. The number of benzene rings is 2. The predicted molar refractivity (Wildman–Crippen MR) is 113 cm³/mol. The van der Waals surface area contributed by atoms with E-state index < -0.39 is 12.0 Å². The molecule has 0 saturated carbocycles. The fourth-order valence-corrected chi connectivity index (χ4v) is 3.70. The van der Waals surface area contributed by atoms with E-state index in [0.29, 0.717) is 6.42 Å². The van der Waals surface area contributed by atoms with Gasteiger partial charge in [-0.05, 0) is 60.2 Å². The SMILES string of the molecule is Cc1cc(C(C[C@@H](c2ccc(CC(=O)O)cc2)c2ccccc2C)N=O)ccn1. The van der Waals surface area contributed by atoms with E-state index in [4.69, 9.17) is 5.11 Å². The van der Waals surface area contributed by atoms with Gasteiger partial charge in [-0.2, -0.15) is 4.91 Å². The highest BCUT2D eigenvalue weighted by Gasteiger charge is 2.23. The summed E-state index contributed by atoms with van der Waals surface area (Å²) in [6.07, 6.45) is 2.21. The van der Waals surface area contributed by atoms with Crippen molar-refractivity contribution in [2.24, 2.45) is 5.18 Å². The minimum Gasteiger partial charge on any atom is -0.481 e. The zero-order chi connectivity index (χ0) is 20.8. The Morgan fingerprint density at radius 3 is 2.38 bits per heavy atom. The molecule has 0 aliphatic heterocycles. The van der Waals surface area contributed by atoms with E-state index in [9.17, 15) is 9.70 Å². The van der Waals surface area contributed by atoms with Crippen LogP contribution in [0, 0.1) is 18.8 Å². The lowest BCUT2D eigenvalue weighted by molar-refractivity contribution is -0.136. The van der Waals surface area contributed by atoms with Gasteiger partial charge in [-0.25, -0.2) is 0 Å². The molecule has 0 saturated heterocycles. The van der Waals surface area contributed by atoms with Crippen molar-refractivity contribution in [2.75, 3.05) is 0 Å². The molecule has 2 atom stereocenters. The predicted octanol–water partition coefficient (Wildman–Crippen LogP) is 5.36. The molecular weight excluding hydrogens is 364 g/mol. The van der Waals surface area contributed by atoms with Crippen molar-refractivity contribution in [1.82, 2.24) is 4.98 Å². The van der Waals surface area contributed by atoms with Crippen LogP contribution >= 0.6 is 0 Å². The van der Waals surface area contributed by atoms with E-state index in [1.54, 1.807) is 6.20 Å². The van der Waals surface area contributed by atoms with Crippen LogP contribution in [0.3, 0.4) is 0 Å². The molecule has 5 heteroatoms. The first-order chi connectivity index (χ1) is 14.0. The Kier molecular flexibility index (Phi) is 6.50. The number of carboxylic acids is 1. The number of nitroso groups, excluding NO2 is 1. The van der Waals surface area contributed by atoms with Crippen molar-refractivity contribution >= 4 is 5.97 Å². The molecule has 1 unspecified atom stereocenters. The van der Waals surface area contributed by atoms with E-state index in [1.807, 2.05) is 55.5 Å². The fourth-order valence-electron chi connectivity index (χ4n) is 3.70. The van der Waals surface area contributed by atoms with Gasteiger partial charge >= 0.3 is 5.97 Å². The van der Waals surface area contributed by atoms with Gasteiger partial charge in [-0.15, -0.1) is 0 Å². The van der Waals surface area contributed by atoms with Gasteiger partial charge in [0.2, 0.25) is 0 Å². The molecule has 148 valence electrons. The third-order valence-electron chi connectivity index (χ3n) is 5.19. The highest BCUT2D eigenvalue weighted by atomic mass is 16.4. The number of aryl methyl sites for hydroxylation is 2. The smallest absolute Gasteiger partial charge is 0.307 e. The molecule has 0 bridgehead atoms. The van der Waals surface area contributed by atoms with E-state index in [-0.39, 0.29) is 12.3 Å². The summed E-state index contributed by atoms with van der Waals surface area (Å²) in [7, 11) is 0. The molecule has 1 aromatic heterocycles. The molecule has 3 rings (SSSR count). The van der Waals surface area contributed by atoms with Gasteiger partial charge in [-0.3, -0.25) is 9.78 Å². The van der Waals surface area contributed by atoms with Gasteiger partial charge in [-0.1, -0.05) is 53.7 Å². The van der Waals surface area contributed by atoms with Crippen LogP contribution in [0.4, 0.5) is 0 Å². The van der Waals surface area contributed by atoms with Crippen LogP contribution in [0.1, 0.15) is 51.9 Å². The van der Waals surface area contributed by atoms with Crippen LogP contribution in [-0.4, -0.2) is 16.1 Å².